The number of thiazole rings is 1. The highest BCUT2D eigenvalue weighted by Gasteiger charge is 2.52. The molecule has 120 valence electrons. The molecule has 5 nitrogen and oxygen atoms in total. The summed E-state index contributed by atoms with van der Waals surface area (Å²) in [5.41, 5.74) is 5.09. The average Bonchev–Trinajstić information content (AvgIpc) is 3.11. The van der Waals surface area contributed by atoms with Crippen LogP contribution in [-0.2, 0) is 4.84 Å². The van der Waals surface area contributed by atoms with Crippen molar-refractivity contribution in [1.29, 1.82) is 0 Å². The molecule has 1 spiro atoms. The van der Waals surface area contributed by atoms with Crippen LogP contribution in [0.1, 0.15) is 24.3 Å². The molecule has 4 fully saturated rings. The number of hydrogen-bond donors (Lipinski definition) is 1. The number of benzene rings is 1. The summed E-state index contributed by atoms with van der Waals surface area (Å²) in [5.74, 6) is 1.62. The van der Waals surface area contributed by atoms with E-state index in [2.05, 4.69) is 27.5 Å². The number of amidine groups is 1. The third-order valence-electron chi connectivity index (χ3n) is 5.40. The summed E-state index contributed by atoms with van der Waals surface area (Å²) in [7, 11) is 0. The molecule has 1 unspecified atom stereocenters. The van der Waals surface area contributed by atoms with Gasteiger partial charge >= 0.3 is 0 Å². The van der Waals surface area contributed by atoms with Crippen molar-refractivity contribution in [3.63, 3.8) is 0 Å². The van der Waals surface area contributed by atoms with E-state index in [0.717, 1.165) is 35.0 Å². The fraction of sp³-hybridized carbons (Fsp3) is 0.529. The van der Waals surface area contributed by atoms with Gasteiger partial charge in [-0.2, -0.15) is 0 Å². The Morgan fingerprint density at radius 3 is 3.04 bits per heavy atom. The topological polar surface area (TPSA) is 49.8 Å². The van der Waals surface area contributed by atoms with Crippen molar-refractivity contribution in [2.45, 2.75) is 31.8 Å². The van der Waals surface area contributed by atoms with Gasteiger partial charge < -0.3 is 4.90 Å². The normalized spacial score (nSPS) is 34.6. The summed E-state index contributed by atoms with van der Waals surface area (Å²) >= 11 is 1.72. The number of aromatic nitrogens is 1. The standard InChI is InChI=1S/C17H20N4OS/c1-11-18-14-3-2-13(8-15(14)23-11)19-16-9-17(22-20-16)10-21-6-4-12(17)5-7-21/h2-3,8,12H,4-7,9-10H2,1H3,(H,19,20). The molecule has 2 aromatic rings. The molecule has 0 aliphatic carbocycles. The maximum atomic E-state index is 6.06. The van der Waals surface area contributed by atoms with Gasteiger partial charge in [0.1, 0.15) is 11.4 Å². The van der Waals surface area contributed by atoms with Crippen LogP contribution in [0, 0.1) is 12.8 Å². The molecule has 2 bridgehead atoms. The van der Waals surface area contributed by atoms with Gasteiger partial charge in [-0.1, -0.05) is 0 Å². The second-order valence-electron chi connectivity index (χ2n) is 6.94. The molecule has 1 aromatic heterocycles. The number of aryl methyl sites for hydroxylation is 1. The number of hydroxylamine groups is 1. The molecule has 6 rings (SSSR count). The van der Waals surface area contributed by atoms with Crippen molar-refractivity contribution in [2.75, 3.05) is 19.6 Å². The molecule has 4 aliphatic heterocycles. The van der Waals surface area contributed by atoms with E-state index >= 15 is 0 Å². The average molecular weight is 328 g/mol. The molecule has 0 saturated carbocycles. The van der Waals surface area contributed by atoms with Gasteiger partial charge in [0.2, 0.25) is 0 Å². The minimum Gasteiger partial charge on any atom is -0.300 e. The smallest absolute Gasteiger partial charge is 0.129 e. The number of rotatable bonds is 1. The van der Waals surface area contributed by atoms with Crippen molar-refractivity contribution >= 4 is 33.1 Å². The lowest BCUT2D eigenvalue weighted by Gasteiger charge is -2.49. The van der Waals surface area contributed by atoms with Gasteiger partial charge in [0.05, 0.1) is 20.9 Å². The van der Waals surface area contributed by atoms with Gasteiger partial charge in [0.15, 0.2) is 0 Å². The number of aliphatic imine (C=N–C) groups is 1. The van der Waals surface area contributed by atoms with Crippen LogP contribution in [-0.4, -0.2) is 41.0 Å². The van der Waals surface area contributed by atoms with Crippen molar-refractivity contribution in [1.82, 2.24) is 15.4 Å². The Hall–Kier alpha value is -1.50. The lowest BCUT2D eigenvalue weighted by molar-refractivity contribution is -0.150. The van der Waals surface area contributed by atoms with Gasteiger partial charge in [-0.25, -0.2) is 9.98 Å². The van der Waals surface area contributed by atoms with Crippen LogP contribution < -0.4 is 5.48 Å². The molecule has 0 radical (unpaired) electrons. The van der Waals surface area contributed by atoms with Gasteiger partial charge in [-0.15, -0.1) is 11.3 Å². The largest absolute Gasteiger partial charge is 0.300 e. The summed E-state index contributed by atoms with van der Waals surface area (Å²) in [6.07, 6.45) is 3.40. The summed E-state index contributed by atoms with van der Waals surface area (Å²) in [6, 6.07) is 6.21. The second kappa shape index (κ2) is 5.00. The van der Waals surface area contributed by atoms with Gasteiger partial charge in [0.25, 0.3) is 0 Å². The molecular formula is C17H20N4OS. The zero-order valence-electron chi connectivity index (χ0n) is 13.2. The monoisotopic (exact) mass is 328 g/mol. The molecular weight excluding hydrogens is 308 g/mol. The third kappa shape index (κ3) is 2.28. The molecule has 4 saturated heterocycles. The number of nitrogens with one attached hydrogen (secondary N) is 1. The Kier molecular flexibility index (Phi) is 3.02. The van der Waals surface area contributed by atoms with Crippen molar-refractivity contribution in [3.8, 4) is 0 Å². The maximum absolute atomic E-state index is 6.06. The molecule has 0 amide bonds. The lowest BCUT2D eigenvalue weighted by atomic mass is 9.74. The maximum Gasteiger partial charge on any atom is 0.129 e. The molecule has 6 heteroatoms. The first-order valence-electron chi connectivity index (χ1n) is 8.31. The summed E-state index contributed by atoms with van der Waals surface area (Å²) < 4.78 is 1.20. The van der Waals surface area contributed by atoms with E-state index in [9.17, 15) is 0 Å². The first kappa shape index (κ1) is 13.9. The van der Waals surface area contributed by atoms with Gasteiger partial charge in [-0.3, -0.25) is 10.3 Å². The minimum atomic E-state index is -0.0550. The van der Waals surface area contributed by atoms with Crippen LogP contribution in [0.15, 0.2) is 23.2 Å². The third-order valence-corrected chi connectivity index (χ3v) is 6.34. The quantitative estimate of drug-likeness (QED) is 0.874. The summed E-state index contributed by atoms with van der Waals surface area (Å²) in [6.45, 7) is 5.53. The molecule has 1 atom stereocenters. The van der Waals surface area contributed by atoms with E-state index in [0.29, 0.717) is 5.92 Å². The van der Waals surface area contributed by atoms with Crippen LogP contribution in [0.2, 0.25) is 0 Å². The Morgan fingerprint density at radius 2 is 2.26 bits per heavy atom. The van der Waals surface area contributed by atoms with Crippen molar-refractivity contribution in [2.24, 2.45) is 10.9 Å². The van der Waals surface area contributed by atoms with E-state index in [-0.39, 0.29) is 5.60 Å². The predicted octanol–water partition coefficient (Wildman–Crippen LogP) is 3.02. The Labute approximate surface area is 139 Å². The van der Waals surface area contributed by atoms with Crippen LogP contribution in [0.5, 0.6) is 0 Å². The summed E-state index contributed by atoms with van der Waals surface area (Å²) in [4.78, 5) is 17.9. The lowest BCUT2D eigenvalue weighted by Crippen LogP contribution is -2.59. The predicted molar refractivity (Wildman–Crippen MR) is 92.2 cm³/mol. The van der Waals surface area contributed by atoms with Crippen molar-refractivity contribution < 1.29 is 4.84 Å². The Bertz CT molecular complexity index is 793. The summed E-state index contributed by atoms with van der Waals surface area (Å²) in [5, 5.41) is 1.10. The van der Waals surface area contributed by atoms with Crippen LogP contribution in [0.4, 0.5) is 5.69 Å². The molecule has 4 aliphatic rings. The second-order valence-corrected chi connectivity index (χ2v) is 8.17. The number of piperidine rings is 3. The van der Waals surface area contributed by atoms with Gasteiger partial charge in [0, 0.05) is 13.0 Å². The highest BCUT2D eigenvalue weighted by molar-refractivity contribution is 7.18. The number of hydrogen-bond acceptors (Lipinski definition) is 5. The Morgan fingerprint density at radius 1 is 1.39 bits per heavy atom. The highest BCUT2D eigenvalue weighted by Crippen LogP contribution is 2.42. The first-order valence-corrected chi connectivity index (χ1v) is 9.13. The number of nitrogens with zero attached hydrogens (tertiary/aromatic N) is 3. The zero-order valence-corrected chi connectivity index (χ0v) is 14.0. The SMILES string of the molecule is Cc1nc2ccc(N=C3CC4(CN5CCC4CC5)ON3)cc2s1. The Balaban J connectivity index is 1.42. The van der Waals surface area contributed by atoms with E-state index in [4.69, 9.17) is 9.83 Å². The zero-order chi connectivity index (χ0) is 15.4. The fourth-order valence-electron chi connectivity index (χ4n) is 4.27. The minimum absolute atomic E-state index is 0.0550. The molecule has 1 N–H and O–H groups in total. The van der Waals surface area contributed by atoms with Gasteiger partial charge in [-0.05, 0) is 57.0 Å². The van der Waals surface area contributed by atoms with Crippen LogP contribution in [0.25, 0.3) is 10.2 Å². The molecule has 23 heavy (non-hydrogen) atoms. The van der Waals surface area contributed by atoms with E-state index in [1.165, 1.54) is 30.6 Å². The number of fused-ring (bicyclic) bond motifs is 3. The van der Waals surface area contributed by atoms with Crippen LogP contribution in [0.3, 0.4) is 0 Å². The van der Waals surface area contributed by atoms with E-state index in [1.807, 2.05) is 13.0 Å². The molecule has 1 aromatic carbocycles. The van der Waals surface area contributed by atoms with E-state index in [1.54, 1.807) is 11.3 Å². The van der Waals surface area contributed by atoms with Crippen molar-refractivity contribution in [3.05, 3.63) is 23.2 Å². The highest BCUT2D eigenvalue weighted by atomic mass is 32.1. The molecule has 5 heterocycles. The fourth-order valence-corrected chi connectivity index (χ4v) is 5.13. The van der Waals surface area contributed by atoms with Crippen LogP contribution >= 0.6 is 11.3 Å². The first-order chi connectivity index (χ1) is 11.2. The van der Waals surface area contributed by atoms with E-state index < -0.39 is 0 Å².